The van der Waals surface area contributed by atoms with Gasteiger partial charge in [-0.05, 0) is 38.0 Å². The summed E-state index contributed by atoms with van der Waals surface area (Å²) < 4.78 is 28.6. The van der Waals surface area contributed by atoms with Gasteiger partial charge >= 0.3 is 0 Å². The summed E-state index contributed by atoms with van der Waals surface area (Å²) in [5.74, 6) is 0.492. The molecule has 0 aromatic rings. The van der Waals surface area contributed by atoms with E-state index < -0.39 is 10.2 Å². The van der Waals surface area contributed by atoms with Crippen LogP contribution in [-0.4, -0.2) is 67.1 Å². The third-order valence-corrected chi connectivity index (χ3v) is 7.23. The highest BCUT2D eigenvalue weighted by molar-refractivity contribution is 7.86. The number of likely N-dealkylation sites (tertiary alicyclic amines) is 1. The molecule has 0 radical (unpaired) electrons. The number of hydrogen-bond acceptors (Lipinski definition) is 3. The van der Waals surface area contributed by atoms with Crippen molar-refractivity contribution in [1.82, 2.24) is 13.5 Å². The largest absolute Gasteiger partial charge is 0.342 e. The summed E-state index contributed by atoms with van der Waals surface area (Å²) in [7, 11) is -1.42. The topological polar surface area (TPSA) is 60.9 Å². The molecule has 21 heavy (non-hydrogen) atoms. The molecule has 3 heterocycles. The molecule has 0 bridgehead atoms. The average molecular weight is 315 g/mol. The predicted molar refractivity (Wildman–Crippen MR) is 79.8 cm³/mol. The molecule has 1 amide bonds. The zero-order valence-electron chi connectivity index (χ0n) is 12.7. The molecule has 7 heteroatoms. The lowest BCUT2D eigenvalue weighted by Gasteiger charge is -2.41. The molecule has 3 fully saturated rings. The van der Waals surface area contributed by atoms with E-state index in [0.717, 1.165) is 32.1 Å². The summed E-state index contributed by atoms with van der Waals surface area (Å²) in [5, 5.41) is 0. The summed E-state index contributed by atoms with van der Waals surface area (Å²) in [4.78, 5) is 13.8. The molecule has 0 unspecified atom stereocenters. The standard InChI is InChI=1S/C14H25N3O3S/c1-15-13-7-10-17(11-12(13)5-4-6-14(15)18)21(19,20)16-8-2-3-9-16/h12-13H,2-11H2,1H3/t12-,13+/m0/s1. The Morgan fingerprint density at radius 1 is 1.00 bits per heavy atom. The maximum Gasteiger partial charge on any atom is 0.281 e. The molecule has 0 spiro atoms. The van der Waals surface area contributed by atoms with Gasteiger partial charge in [0, 0.05) is 45.7 Å². The van der Waals surface area contributed by atoms with Crippen LogP contribution in [0.2, 0.25) is 0 Å². The van der Waals surface area contributed by atoms with E-state index in [1.165, 1.54) is 0 Å². The highest BCUT2D eigenvalue weighted by atomic mass is 32.2. The zero-order chi connectivity index (χ0) is 15.0. The molecule has 0 N–H and O–H groups in total. The van der Waals surface area contributed by atoms with Crippen molar-refractivity contribution in [3.05, 3.63) is 0 Å². The number of hydrogen-bond donors (Lipinski definition) is 0. The van der Waals surface area contributed by atoms with Crippen LogP contribution in [0.3, 0.4) is 0 Å². The Hall–Kier alpha value is -0.660. The number of piperidine rings is 1. The smallest absolute Gasteiger partial charge is 0.281 e. The van der Waals surface area contributed by atoms with E-state index in [1.54, 1.807) is 8.61 Å². The minimum atomic E-state index is -3.29. The second kappa shape index (κ2) is 5.85. The monoisotopic (exact) mass is 315 g/mol. The number of carbonyl (C=O) groups excluding carboxylic acids is 1. The second-order valence-corrected chi connectivity index (χ2v) is 8.41. The summed E-state index contributed by atoms with van der Waals surface area (Å²) in [6, 6.07) is 0.213. The van der Waals surface area contributed by atoms with E-state index in [9.17, 15) is 13.2 Å². The van der Waals surface area contributed by atoms with Gasteiger partial charge in [0.25, 0.3) is 10.2 Å². The van der Waals surface area contributed by atoms with Crippen LogP contribution in [0.5, 0.6) is 0 Å². The molecular formula is C14H25N3O3S. The van der Waals surface area contributed by atoms with E-state index in [4.69, 9.17) is 0 Å². The molecule has 0 aromatic heterocycles. The van der Waals surface area contributed by atoms with Crippen LogP contribution in [0.25, 0.3) is 0 Å². The van der Waals surface area contributed by atoms with Crippen molar-refractivity contribution in [2.45, 2.75) is 44.6 Å². The highest BCUT2D eigenvalue weighted by Gasteiger charge is 2.41. The summed E-state index contributed by atoms with van der Waals surface area (Å²) in [6.07, 6.45) is 5.13. The Morgan fingerprint density at radius 2 is 1.71 bits per heavy atom. The van der Waals surface area contributed by atoms with Crippen LogP contribution in [0.4, 0.5) is 0 Å². The SMILES string of the molecule is CN1C(=O)CCC[C@H]2CN(S(=O)(=O)N3CCCC3)CC[C@H]21. The van der Waals surface area contributed by atoms with E-state index >= 15 is 0 Å². The first kappa shape index (κ1) is 15.2. The molecule has 3 rings (SSSR count). The van der Waals surface area contributed by atoms with Gasteiger partial charge in [0.05, 0.1) is 0 Å². The number of nitrogens with zero attached hydrogens (tertiary/aromatic N) is 3. The van der Waals surface area contributed by atoms with E-state index in [1.807, 2.05) is 11.9 Å². The second-order valence-electron chi connectivity index (χ2n) is 6.48. The first-order chi connectivity index (χ1) is 10.00. The Morgan fingerprint density at radius 3 is 2.43 bits per heavy atom. The van der Waals surface area contributed by atoms with E-state index in [0.29, 0.717) is 32.6 Å². The minimum Gasteiger partial charge on any atom is -0.342 e. The van der Waals surface area contributed by atoms with Gasteiger partial charge in [0.15, 0.2) is 0 Å². The fourth-order valence-corrected chi connectivity index (χ4v) is 5.71. The van der Waals surface area contributed by atoms with Crippen LogP contribution in [-0.2, 0) is 15.0 Å². The van der Waals surface area contributed by atoms with Gasteiger partial charge in [-0.15, -0.1) is 0 Å². The van der Waals surface area contributed by atoms with Crippen molar-refractivity contribution >= 4 is 16.1 Å². The van der Waals surface area contributed by atoms with Gasteiger partial charge in [0.1, 0.15) is 0 Å². The van der Waals surface area contributed by atoms with Gasteiger partial charge in [-0.25, -0.2) is 0 Å². The molecule has 6 nitrogen and oxygen atoms in total. The Kier molecular flexibility index (Phi) is 4.25. The third-order valence-electron chi connectivity index (χ3n) is 5.23. The Bertz CT molecular complexity index is 502. The van der Waals surface area contributed by atoms with Gasteiger partial charge in [-0.2, -0.15) is 17.0 Å². The third kappa shape index (κ3) is 2.83. The average Bonchev–Trinajstić information content (AvgIpc) is 2.97. The fraction of sp³-hybridized carbons (Fsp3) is 0.929. The van der Waals surface area contributed by atoms with Crippen LogP contribution in [0.15, 0.2) is 0 Å². The quantitative estimate of drug-likeness (QED) is 0.752. The summed E-state index contributed by atoms with van der Waals surface area (Å²) in [6.45, 7) is 2.43. The van der Waals surface area contributed by atoms with Crippen LogP contribution in [0, 0.1) is 5.92 Å². The summed E-state index contributed by atoms with van der Waals surface area (Å²) in [5.41, 5.74) is 0. The first-order valence-electron chi connectivity index (χ1n) is 8.01. The number of carbonyl (C=O) groups is 1. The molecule has 2 atom stereocenters. The van der Waals surface area contributed by atoms with Gasteiger partial charge in [-0.3, -0.25) is 4.79 Å². The van der Waals surface area contributed by atoms with Crippen molar-refractivity contribution in [1.29, 1.82) is 0 Å². The minimum absolute atomic E-state index is 0.207. The number of rotatable bonds is 2. The first-order valence-corrected chi connectivity index (χ1v) is 9.41. The van der Waals surface area contributed by atoms with Crippen molar-refractivity contribution < 1.29 is 13.2 Å². The fourth-order valence-electron chi connectivity index (χ4n) is 3.95. The van der Waals surface area contributed by atoms with Crippen molar-refractivity contribution in [2.75, 3.05) is 33.2 Å². The van der Waals surface area contributed by atoms with Crippen molar-refractivity contribution in [3.63, 3.8) is 0 Å². The molecular weight excluding hydrogens is 290 g/mol. The van der Waals surface area contributed by atoms with Crippen LogP contribution >= 0.6 is 0 Å². The Balaban J connectivity index is 1.73. The molecule has 3 aliphatic rings. The predicted octanol–water partition coefficient (Wildman–Crippen LogP) is 0.660. The van der Waals surface area contributed by atoms with Crippen LogP contribution < -0.4 is 0 Å². The van der Waals surface area contributed by atoms with E-state index in [2.05, 4.69) is 0 Å². The number of fused-ring (bicyclic) bond motifs is 1. The lowest BCUT2D eigenvalue weighted by molar-refractivity contribution is -0.132. The molecule has 3 saturated heterocycles. The normalized spacial score (nSPS) is 33.0. The molecule has 0 aliphatic carbocycles. The lowest BCUT2D eigenvalue weighted by Crippen LogP contribution is -2.54. The van der Waals surface area contributed by atoms with Crippen LogP contribution in [0.1, 0.15) is 38.5 Å². The lowest BCUT2D eigenvalue weighted by atomic mass is 9.90. The van der Waals surface area contributed by atoms with E-state index in [-0.39, 0.29) is 17.9 Å². The molecule has 3 aliphatic heterocycles. The zero-order valence-corrected chi connectivity index (χ0v) is 13.5. The Labute approximate surface area is 127 Å². The van der Waals surface area contributed by atoms with Gasteiger partial charge < -0.3 is 4.90 Å². The van der Waals surface area contributed by atoms with Gasteiger partial charge in [-0.1, -0.05) is 0 Å². The maximum absolute atomic E-state index is 12.7. The molecule has 0 aromatic carbocycles. The van der Waals surface area contributed by atoms with Crippen molar-refractivity contribution in [3.8, 4) is 0 Å². The molecule has 0 saturated carbocycles. The summed E-state index contributed by atoms with van der Waals surface area (Å²) >= 11 is 0. The van der Waals surface area contributed by atoms with Gasteiger partial charge in [0.2, 0.25) is 5.91 Å². The molecule has 120 valence electrons. The van der Waals surface area contributed by atoms with Crippen molar-refractivity contribution in [2.24, 2.45) is 5.92 Å². The maximum atomic E-state index is 12.7. The highest BCUT2D eigenvalue weighted by Crippen LogP contribution is 2.31. The number of amides is 1.